The first-order valence-electron chi connectivity index (χ1n) is 8.69. The number of carbonyl (C=O) groups is 2. The molecule has 1 aromatic rings. The van der Waals surface area contributed by atoms with Gasteiger partial charge in [0.15, 0.2) is 6.61 Å². The zero-order chi connectivity index (χ0) is 18.2. The summed E-state index contributed by atoms with van der Waals surface area (Å²) in [5.74, 6) is 0.0508. The molecule has 1 aliphatic heterocycles. The third-order valence-corrected chi connectivity index (χ3v) is 4.32. The Morgan fingerprint density at radius 2 is 1.84 bits per heavy atom. The first-order chi connectivity index (χ1) is 12.0. The monoisotopic (exact) mass is 351 g/mol. The van der Waals surface area contributed by atoms with E-state index < -0.39 is 0 Å². The van der Waals surface area contributed by atoms with Crippen molar-refractivity contribution in [3.05, 3.63) is 30.1 Å². The van der Waals surface area contributed by atoms with Crippen molar-refractivity contribution in [2.75, 3.05) is 39.3 Å². The Morgan fingerprint density at radius 3 is 2.44 bits per heavy atom. The molecule has 1 aliphatic rings. The molecule has 0 radical (unpaired) electrons. The molecule has 0 bridgehead atoms. The zero-order valence-electron chi connectivity index (χ0n) is 14.8. The summed E-state index contributed by atoms with van der Waals surface area (Å²) in [5, 5.41) is 2.90. The fraction of sp³-hybridized carbons (Fsp3) is 0.556. The van der Waals surface area contributed by atoms with Gasteiger partial charge in [-0.05, 0) is 37.6 Å². The van der Waals surface area contributed by atoms with E-state index in [4.69, 9.17) is 4.74 Å². The van der Waals surface area contributed by atoms with Crippen LogP contribution in [0.3, 0.4) is 0 Å². The Hall–Kier alpha value is -2.15. The number of hydrogen-bond acceptors (Lipinski definition) is 4. The van der Waals surface area contributed by atoms with Crippen LogP contribution in [0.25, 0.3) is 0 Å². The van der Waals surface area contributed by atoms with E-state index in [2.05, 4.69) is 10.2 Å². The van der Waals surface area contributed by atoms with Crippen molar-refractivity contribution in [1.82, 2.24) is 15.1 Å². The fourth-order valence-corrected chi connectivity index (χ4v) is 2.69. The van der Waals surface area contributed by atoms with Gasteiger partial charge in [-0.2, -0.15) is 0 Å². The highest BCUT2D eigenvalue weighted by atomic mass is 19.1. The average molecular weight is 351 g/mol. The van der Waals surface area contributed by atoms with E-state index >= 15 is 0 Å². The lowest BCUT2D eigenvalue weighted by atomic mass is 10.2. The van der Waals surface area contributed by atoms with Crippen molar-refractivity contribution in [2.24, 2.45) is 0 Å². The van der Waals surface area contributed by atoms with Gasteiger partial charge in [0, 0.05) is 32.7 Å². The van der Waals surface area contributed by atoms with Crippen LogP contribution < -0.4 is 10.1 Å². The van der Waals surface area contributed by atoms with Crippen molar-refractivity contribution in [2.45, 2.75) is 26.3 Å². The fourth-order valence-electron chi connectivity index (χ4n) is 2.69. The molecule has 0 spiro atoms. The molecule has 0 aliphatic carbocycles. The Labute approximate surface area is 147 Å². The topological polar surface area (TPSA) is 61.9 Å². The summed E-state index contributed by atoms with van der Waals surface area (Å²) in [6.45, 7) is 6.96. The molecule has 1 saturated heterocycles. The minimum Gasteiger partial charge on any atom is -0.484 e. The second-order valence-electron chi connectivity index (χ2n) is 6.13. The van der Waals surface area contributed by atoms with E-state index in [1.54, 1.807) is 4.90 Å². The predicted molar refractivity (Wildman–Crippen MR) is 92.8 cm³/mol. The number of ether oxygens (including phenoxy) is 1. The van der Waals surface area contributed by atoms with Crippen LogP contribution in [0.5, 0.6) is 5.75 Å². The van der Waals surface area contributed by atoms with Gasteiger partial charge in [-0.3, -0.25) is 14.5 Å². The molecule has 1 atom stereocenters. The van der Waals surface area contributed by atoms with Crippen LogP contribution in [0.4, 0.5) is 4.39 Å². The van der Waals surface area contributed by atoms with E-state index in [1.165, 1.54) is 24.3 Å². The maximum atomic E-state index is 12.8. The highest BCUT2D eigenvalue weighted by Crippen LogP contribution is 2.12. The van der Waals surface area contributed by atoms with Crippen molar-refractivity contribution >= 4 is 11.8 Å². The highest BCUT2D eigenvalue weighted by molar-refractivity contribution is 5.81. The number of piperazine rings is 1. The van der Waals surface area contributed by atoms with Crippen molar-refractivity contribution in [1.29, 1.82) is 0 Å². The number of nitrogens with one attached hydrogen (secondary N) is 1. The predicted octanol–water partition coefficient (Wildman–Crippen LogP) is 1.26. The number of rotatable bonds is 7. The van der Waals surface area contributed by atoms with Gasteiger partial charge in [-0.1, -0.05) is 6.92 Å². The number of halogens is 1. The number of amides is 2. The zero-order valence-corrected chi connectivity index (χ0v) is 14.8. The molecule has 6 nitrogen and oxygen atoms in total. The molecule has 1 unspecified atom stereocenters. The van der Waals surface area contributed by atoms with E-state index in [0.29, 0.717) is 38.5 Å². The van der Waals surface area contributed by atoms with Gasteiger partial charge in [-0.25, -0.2) is 4.39 Å². The lowest BCUT2D eigenvalue weighted by molar-refractivity contribution is -0.136. The molecule has 7 heteroatoms. The number of nitrogens with zero attached hydrogens (tertiary/aromatic N) is 2. The van der Waals surface area contributed by atoms with Crippen LogP contribution in [0, 0.1) is 5.82 Å². The average Bonchev–Trinajstić information content (AvgIpc) is 2.65. The summed E-state index contributed by atoms with van der Waals surface area (Å²) in [7, 11) is 0. The van der Waals surface area contributed by atoms with Gasteiger partial charge in [0.05, 0.1) is 6.04 Å². The van der Waals surface area contributed by atoms with Crippen LogP contribution >= 0.6 is 0 Å². The number of hydrogen-bond donors (Lipinski definition) is 1. The van der Waals surface area contributed by atoms with Crippen LogP contribution in [-0.4, -0.2) is 67.0 Å². The molecule has 138 valence electrons. The molecule has 0 aromatic heterocycles. The summed E-state index contributed by atoms with van der Waals surface area (Å²) >= 11 is 0. The van der Waals surface area contributed by atoms with Crippen molar-refractivity contribution in [3.8, 4) is 5.75 Å². The van der Waals surface area contributed by atoms with E-state index in [-0.39, 0.29) is 30.3 Å². The summed E-state index contributed by atoms with van der Waals surface area (Å²) in [4.78, 5) is 28.1. The Morgan fingerprint density at radius 1 is 1.20 bits per heavy atom. The van der Waals surface area contributed by atoms with E-state index in [9.17, 15) is 14.0 Å². The highest BCUT2D eigenvalue weighted by Gasteiger charge is 2.27. The summed E-state index contributed by atoms with van der Waals surface area (Å²) in [5.41, 5.74) is 0. The number of carbonyl (C=O) groups excluding carboxylic acids is 2. The third kappa shape index (κ3) is 5.70. The van der Waals surface area contributed by atoms with E-state index in [1.807, 2.05) is 13.8 Å². The summed E-state index contributed by atoms with van der Waals surface area (Å²) < 4.78 is 18.2. The molecular formula is C18H26FN3O3. The molecule has 2 rings (SSSR count). The Balaban J connectivity index is 1.74. The van der Waals surface area contributed by atoms with Gasteiger partial charge < -0.3 is 15.0 Å². The summed E-state index contributed by atoms with van der Waals surface area (Å²) in [6, 6.07) is 5.39. The molecule has 25 heavy (non-hydrogen) atoms. The van der Waals surface area contributed by atoms with Gasteiger partial charge >= 0.3 is 0 Å². The van der Waals surface area contributed by atoms with Crippen molar-refractivity contribution in [3.63, 3.8) is 0 Å². The van der Waals surface area contributed by atoms with E-state index in [0.717, 1.165) is 6.42 Å². The van der Waals surface area contributed by atoms with Crippen LogP contribution in [0.1, 0.15) is 20.3 Å². The lowest BCUT2D eigenvalue weighted by Crippen LogP contribution is -2.55. The molecule has 0 saturated carbocycles. The number of benzene rings is 1. The minimum atomic E-state index is -0.341. The standard InChI is InChI=1S/C18H26FN3O3/c1-3-8-20-18(24)14(2)21-9-11-22(12-10-21)17(23)13-25-16-6-4-15(19)5-7-16/h4-7,14H,3,8-13H2,1-2H3,(H,20,24). The Bertz CT molecular complexity index is 571. The van der Waals surface area contributed by atoms with Gasteiger partial charge in [0.2, 0.25) is 5.91 Å². The first kappa shape index (κ1) is 19.2. The maximum absolute atomic E-state index is 12.8. The lowest BCUT2D eigenvalue weighted by Gasteiger charge is -2.37. The molecule has 1 aromatic carbocycles. The largest absolute Gasteiger partial charge is 0.484 e. The molecule has 2 amide bonds. The third-order valence-electron chi connectivity index (χ3n) is 4.32. The normalized spacial score (nSPS) is 16.4. The first-order valence-corrected chi connectivity index (χ1v) is 8.69. The molecule has 1 heterocycles. The molecular weight excluding hydrogens is 325 g/mol. The Kier molecular flexibility index (Phi) is 7.18. The second kappa shape index (κ2) is 9.36. The van der Waals surface area contributed by atoms with Gasteiger partial charge in [0.1, 0.15) is 11.6 Å². The second-order valence-corrected chi connectivity index (χ2v) is 6.13. The van der Waals surface area contributed by atoms with Crippen LogP contribution in [0.15, 0.2) is 24.3 Å². The molecule has 1 N–H and O–H groups in total. The maximum Gasteiger partial charge on any atom is 0.260 e. The van der Waals surface area contributed by atoms with Crippen LogP contribution in [-0.2, 0) is 9.59 Å². The quantitative estimate of drug-likeness (QED) is 0.804. The smallest absolute Gasteiger partial charge is 0.260 e. The van der Waals surface area contributed by atoms with Crippen molar-refractivity contribution < 1.29 is 18.7 Å². The molecule has 1 fully saturated rings. The summed E-state index contributed by atoms with van der Waals surface area (Å²) in [6.07, 6.45) is 0.912. The minimum absolute atomic E-state index is 0.0290. The van der Waals surface area contributed by atoms with Gasteiger partial charge in [-0.15, -0.1) is 0 Å². The van der Waals surface area contributed by atoms with Gasteiger partial charge in [0.25, 0.3) is 5.91 Å². The SMILES string of the molecule is CCCNC(=O)C(C)N1CCN(C(=O)COc2ccc(F)cc2)CC1. The van der Waals surface area contributed by atoms with Crippen LogP contribution in [0.2, 0.25) is 0 Å².